The molecule has 9 heteroatoms. The van der Waals surface area contributed by atoms with Crippen LogP contribution in [-0.4, -0.2) is 62.3 Å². The van der Waals surface area contributed by atoms with Crippen LogP contribution in [0.5, 0.6) is 0 Å². The van der Waals surface area contributed by atoms with Crippen molar-refractivity contribution in [3.63, 3.8) is 0 Å². The van der Waals surface area contributed by atoms with Gasteiger partial charge in [-0.1, -0.05) is 0 Å². The summed E-state index contributed by atoms with van der Waals surface area (Å²) in [5.41, 5.74) is 1.79. The van der Waals surface area contributed by atoms with E-state index in [9.17, 15) is 9.18 Å². The number of H-pyrrole nitrogens is 1. The third-order valence-electron chi connectivity index (χ3n) is 7.33. The van der Waals surface area contributed by atoms with Crippen molar-refractivity contribution < 1.29 is 19.0 Å². The normalized spacial score (nSPS) is 23.6. The van der Waals surface area contributed by atoms with Gasteiger partial charge in [-0.2, -0.15) is 5.10 Å². The fraction of sp³-hybridized carbons (Fsp3) is 0.538. The average Bonchev–Trinajstić information content (AvgIpc) is 3.36. The van der Waals surface area contributed by atoms with Gasteiger partial charge in [0.1, 0.15) is 11.7 Å². The number of aliphatic imine (C=N–C) groups is 1. The summed E-state index contributed by atoms with van der Waals surface area (Å²) in [5, 5.41) is 16.3. The van der Waals surface area contributed by atoms with E-state index in [0.717, 1.165) is 81.4 Å². The SMILES string of the molecule is O=C(O)CC1CCC(OC2CCN(C3=NC=C(c4n[nH]c(-c5ccc(F)cc5)n4)CC3)CC2)CC1. The predicted molar refractivity (Wildman–Crippen MR) is 130 cm³/mol. The molecule has 2 aliphatic heterocycles. The standard InChI is InChI=1S/C26H32FN5O3/c27-20-6-3-18(4-7-20)25-29-26(31-30-25)19-5-10-23(28-16-19)32-13-11-22(12-14-32)35-21-8-1-17(2-9-21)15-24(33)34/h3-4,6-7,16-17,21-22H,1-2,5,8-15H2,(H,33,34)(H,29,30,31). The van der Waals surface area contributed by atoms with Crippen molar-refractivity contribution in [1.82, 2.24) is 20.1 Å². The Morgan fingerprint density at radius 2 is 1.77 bits per heavy atom. The molecule has 2 fully saturated rings. The van der Waals surface area contributed by atoms with Crippen LogP contribution in [0.4, 0.5) is 4.39 Å². The first-order valence-electron chi connectivity index (χ1n) is 12.6. The van der Waals surface area contributed by atoms with Crippen LogP contribution in [0.1, 0.15) is 63.6 Å². The Bertz CT molecular complexity index is 1080. The molecule has 1 saturated heterocycles. The lowest BCUT2D eigenvalue weighted by Gasteiger charge is -2.37. The Morgan fingerprint density at radius 3 is 2.43 bits per heavy atom. The van der Waals surface area contributed by atoms with Gasteiger partial charge in [0.25, 0.3) is 0 Å². The molecule has 3 heterocycles. The number of allylic oxidation sites excluding steroid dienone is 1. The van der Waals surface area contributed by atoms with Crippen LogP contribution in [0.2, 0.25) is 0 Å². The smallest absolute Gasteiger partial charge is 0.303 e. The number of rotatable bonds is 6. The zero-order valence-electron chi connectivity index (χ0n) is 19.8. The Balaban J connectivity index is 1.10. The number of amidine groups is 1. The summed E-state index contributed by atoms with van der Waals surface area (Å²) in [7, 11) is 0. The number of likely N-dealkylation sites (tertiary alicyclic amines) is 1. The van der Waals surface area contributed by atoms with Crippen LogP contribution < -0.4 is 0 Å². The number of aliphatic carboxylic acids is 1. The summed E-state index contributed by atoms with van der Waals surface area (Å²) in [6.45, 7) is 1.88. The zero-order chi connectivity index (χ0) is 24.2. The molecule has 1 aromatic heterocycles. The van der Waals surface area contributed by atoms with Gasteiger partial charge in [0.05, 0.1) is 12.2 Å². The number of halogens is 1. The van der Waals surface area contributed by atoms with Crippen molar-refractivity contribution in [1.29, 1.82) is 0 Å². The fourth-order valence-corrected chi connectivity index (χ4v) is 5.32. The topological polar surface area (TPSA) is 104 Å². The Labute approximate surface area is 204 Å². The van der Waals surface area contributed by atoms with Crippen LogP contribution in [0, 0.1) is 11.7 Å². The molecule has 0 unspecified atom stereocenters. The summed E-state index contributed by atoms with van der Waals surface area (Å²) in [6.07, 6.45) is 10.2. The highest BCUT2D eigenvalue weighted by Gasteiger charge is 2.29. The first-order chi connectivity index (χ1) is 17.0. The zero-order valence-corrected chi connectivity index (χ0v) is 19.8. The van der Waals surface area contributed by atoms with Crippen molar-refractivity contribution >= 4 is 17.4 Å². The van der Waals surface area contributed by atoms with Gasteiger partial charge < -0.3 is 14.7 Å². The molecular weight excluding hydrogens is 449 g/mol. The second kappa shape index (κ2) is 10.7. The summed E-state index contributed by atoms with van der Waals surface area (Å²) in [4.78, 5) is 22.6. The van der Waals surface area contributed by atoms with Gasteiger partial charge in [0.15, 0.2) is 11.6 Å². The number of carboxylic acid groups (broad SMARTS) is 1. The number of nitrogens with one attached hydrogen (secondary N) is 1. The third kappa shape index (κ3) is 5.96. The number of ether oxygens (including phenoxy) is 1. The maximum Gasteiger partial charge on any atom is 0.303 e. The number of nitrogens with zero attached hydrogens (tertiary/aromatic N) is 4. The van der Waals surface area contributed by atoms with Crippen LogP contribution in [0.3, 0.4) is 0 Å². The lowest BCUT2D eigenvalue weighted by Crippen LogP contribution is -2.42. The first kappa shape index (κ1) is 23.7. The van der Waals surface area contributed by atoms with Gasteiger partial charge in [-0.15, -0.1) is 0 Å². The van der Waals surface area contributed by atoms with E-state index in [-0.39, 0.29) is 24.4 Å². The minimum absolute atomic E-state index is 0.273. The lowest BCUT2D eigenvalue weighted by molar-refractivity contribution is -0.138. The maximum absolute atomic E-state index is 13.2. The molecule has 0 amide bonds. The summed E-state index contributed by atoms with van der Waals surface area (Å²) >= 11 is 0. The molecule has 0 radical (unpaired) electrons. The second-order valence-corrected chi connectivity index (χ2v) is 9.78. The minimum Gasteiger partial charge on any atom is -0.481 e. The fourth-order valence-electron chi connectivity index (χ4n) is 5.32. The summed E-state index contributed by atoms with van der Waals surface area (Å²) in [5.74, 6) is 1.70. The molecule has 2 N–H and O–H groups in total. The molecule has 0 atom stereocenters. The molecule has 8 nitrogen and oxygen atoms in total. The Hall–Kier alpha value is -3.07. The number of piperidine rings is 1. The number of hydrogen-bond donors (Lipinski definition) is 2. The van der Waals surface area contributed by atoms with E-state index in [1.807, 2.05) is 6.20 Å². The van der Waals surface area contributed by atoms with E-state index in [1.165, 1.54) is 12.1 Å². The van der Waals surface area contributed by atoms with Gasteiger partial charge in [0.2, 0.25) is 0 Å². The average molecular weight is 482 g/mol. The molecule has 1 aromatic carbocycles. The molecule has 3 aliphatic rings. The molecule has 1 aliphatic carbocycles. The van der Waals surface area contributed by atoms with E-state index < -0.39 is 5.97 Å². The highest BCUT2D eigenvalue weighted by atomic mass is 19.1. The molecule has 0 spiro atoms. The monoisotopic (exact) mass is 481 g/mol. The number of aromatic amines is 1. The van der Waals surface area contributed by atoms with Crippen LogP contribution >= 0.6 is 0 Å². The van der Waals surface area contributed by atoms with Crippen molar-refractivity contribution in [2.45, 2.75) is 70.0 Å². The van der Waals surface area contributed by atoms with E-state index >= 15 is 0 Å². The highest BCUT2D eigenvalue weighted by molar-refractivity contribution is 5.87. The quantitative estimate of drug-likeness (QED) is 0.622. The van der Waals surface area contributed by atoms with Crippen molar-refractivity contribution in [2.24, 2.45) is 10.9 Å². The Morgan fingerprint density at radius 1 is 1.06 bits per heavy atom. The third-order valence-corrected chi connectivity index (χ3v) is 7.33. The summed E-state index contributed by atoms with van der Waals surface area (Å²) < 4.78 is 19.5. The number of benzene rings is 1. The van der Waals surface area contributed by atoms with E-state index in [4.69, 9.17) is 14.8 Å². The van der Waals surface area contributed by atoms with Crippen molar-refractivity contribution in [3.8, 4) is 11.4 Å². The molecule has 35 heavy (non-hydrogen) atoms. The van der Waals surface area contributed by atoms with E-state index in [1.54, 1.807) is 12.1 Å². The van der Waals surface area contributed by atoms with Crippen molar-refractivity contribution in [2.75, 3.05) is 13.1 Å². The largest absolute Gasteiger partial charge is 0.481 e. The van der Waals surface area contributed by atoms with Gasteiger partial charge in [-0.05, 0) is 75.1 Å². The van der Waals surface area contributed by atoms with Gasteiger partial charge in [-0.3, -0.25) is 9.89 Å². The van der Waals surface area contributed by atoms with Crippen LogP contribution in [0.15, 0.2) is 35.5 Å². The molecule has 0 bridgehead atoms. The second-order valence-electron chi connectivity index (χ2n) is 9.78. The number of aromatic nitrogens is 3. The number of carboxylic acids is 1. The maximum atomic E-state index is 13.2. The van der Waals surface area contributed by atoms with Crippen LogP contribution in [0.25, 0.3) is 17.0 Å². The number of hydrogen-bond acceptors (Lipinski definition) is 6. The number of carbonyl (C=O) groups is 1. The highest BCUT2D eigenvalue weighted by Crippen LogP contribution is 2.31. The van der Waals surface area contributed by atoms with E-state index in [0.29, 0.717) is 17.6 Å². The van der Waals surface area contributed by atoms with Gasteiger partial charge in [0, 0.05) is 43.3 Å². The van der Waals surface area contributed by atoms with E-state index in [2.05, 4.69) is 20.1 Å². The van der Waals surface area contributed by atoms with Gasteiger partial charge >= 0.3 is 5.97 Å². The van der Waals surface area contributed by atoms with Crippen LogP contribution in [-0.2, 0) is 9.53 Å². The minimum atomic E-state index is -0.690. The first-order valence-corrected chi connectivity index (χ1v) is 12.6. The molecule has 2 aromatic rings. The molecule has 1 saturated carbocycles. The van der Waals surface area contributed by atoms with Gasteiger partial charge in [-0.25, -0.2) is 14.4 Å². The predicted octanol–water partition coefficient (Wildman–Crippen LogP) is 4.66. The van der Waals surface area contributed by atoms with Crippen molar-refractivity contribution in [3.05, 3.63) is 42.1 Å². The molecular formula is C26H32FN5O3. The molecule has 5 rings (SSSR count). The Kier molecular flexibility index (Phi) is 7.22. The molecule has 186 valence electrons. The summed E-state index contributed by atoms with van der Waals surface area (Å²) in [6, 6.07) is 6.19. The lowest BCUT2D eigenvalue weighted by atomic mass is 9.85.